The second kappa shape index (κ2) is 7.02. The molecule has 3 rings (SSSR count). The molecule has 2 heterocycles. The van der Waals surface area contributed by atoms with Crippen LogP contribution in [0.3, 0.4) is 0 Å². The highest BCUT2D eigenvalue weighted by molar-refractivity contribution is 7.14. The number of rotatable bonds is 5. The smallest absolute Gasteiger partial charge is 0.338 e. The summed E-state index contributed by atoms with van der Waals surface area (Å²) < 4.78 is 4.96. The number of nitrogens with one attached hydrogen (secondary N) is 1. The highest BCUT2D eigenvalue weighted by Gasteiger charge is 2.07. The molecule has 116 valence electrons. The molecule has 0 aliphatic rings. The fraction of sp³-hybridized carbons (Fsp3) is 0.118. The average molecular weight is 325 g/mol. The van der Waals surface area contributed by atoms with Gasteiger partial charge in [0.25, 0.3) is 0 Å². The average Bonchev–Trinajstić information content (AvgIpc) is 3.05. The lowest BCUT2D eigenvalue weighted by Crippen LogP contribution is -2.04. The number of ether oxygens (including phenoxy) is 1. The zero-order valence-corrected chi connectivity index (χ0v) is 13.3. The number of hydrogen-bond acceptors (Lipinski definition) is 6. The molecule has 0 bridgehead atoms. The van der Waals surface area contributed by atoms with Crippen LogP contribution < -0.4 is 5.32 Å². The summed E-state index contributed by atoms with van der Waals surface area (Å²) in [6.07, 6.45) is 3.52. The molecule has 1 N–H and O–H groups in total. The molecule has 0 radical (unpaired) electrons. The van der Waals surface area contributed by atoms with Crippen LogP contribution in [0.1, 0.15) is 17.3 Å². The third kappa shape index (κ3) is 3.73. The lowest BCUT2D eigenvalue weighted by molar-refractivity contribution is 0.0526. The van der Waals surface area contributed by atoms with E-state index in [2.05, 4.69) is 15.3 Å². The van der Waals surface area contributed by atoms with Crippen molar-refractivity contribution in [1.29, 1.82) is 0 Å². The molecule has 0 amide bonds. The van der Waals surface area contributed by atoms with Crippen molar-refractivity contribution < 1.29 is 9.53 Å². The van der Waals surface area contributed by atoms with E-state index in [4.69, 9.17) is 4.74 Å². The van der Waals surface area contributed by atoms with Gasteiger partial charge in [-0.3, -0.25) is 4.98 Å². The quantitative estimate of drug-likeness (QED) is 0.715. The van der Waals surface area contributed by atoms with Crippen molar-refractivity contribution in [3.05, 3.63) is 59.7 Å². The molecular weight excluding hydrogens is 310 g/mol. The molecule has 6 heteroatoms. The van der Waals surface area contributed by atoms with Gasteiger partial charge in [0.1, 0.15) is 0 Å². The van der Waals surface area contributed by atoms with Crippen LogP contribution in [0.25, 0.3) is 11.3 Å². The number of carbonyl (C=O) groups is 1. The lowest BCUT2D eigenvalue weighted by atomic mass is 10.2. The van der Waals surface area contributed by atoms with Crippen LogP contribution in [-0.2, 0) is 4.74 Å². The van der Waals surface area contributed by atoms with E-state index >= 15 is 0 Å². The molecule has 0 spiro atoms. The Morgan fingerprint density at radius 3 is 2.78 bits per heavy atom. The maximum absolute atomic E-state index is 11.6. The van der Waals surface area contributed by atoms with E-state index in [1.165, 1.54) is 11.3 Å². The predicted molar refractivity (Wildman–Crippen MR) is 91.0 cm³/mol. The molecule has 0 aliphatic carbocycles. The van der Waals surface area contributed by atoms with Gasteiger partial charge < -0.3 is 10.1 Å². The van der Waals surface area contributed by atoms with Crippen molar-refractivity contribution in [2.45, 2.75) is 6.92 Å². The molecule has 3 aromatic rings. The Morgan fingerprint density at radius 2 is 2.09 bits per heavy atom. The third-order valence-electron chi connectivity index (χ3n) is 3.11. The molecule has 0 aliphatic heterocycles. The molecule has 0 saturated heterocycles. The van der Waals surface area contributed by atoms with Gasteiger partial charge in [-0.2, -0.15) is 0 Å². The van der Waals surface area contributed by atoms with Gasteiger partial charge in [-0.05, 0) is 43.3 Å². The van der Waals surface area contributed by atoms with Gasteiger partial charge in [0, 0.05) is 29.0 Å². The van der Waals surface area contributed by atoms with Crippen LogP contribution in [-0.4, -0.2) is 22.5 Å². The number of benzene rings is 1. The third-order valence-corrected chi connectivity index (χ3v) is 3.87. The molecule has 5 nitrogen and oxygen atoms in total. The van der Waals surface area contributed by atoms with Crippen molar-refractivity contribution in [2.24, 2.45) is 0 Å². The molecular formula is C17H15N3O2S. The Morgan fingerprint density at radius 1 is 1.26 bits per heavy atom. The summed E-state index contributed by atoms with van der Waals surface area (Å²) in [6.45, 7) is 2.16. The zero-order chi connectivity index (χ0) is 16.1. The predicted octanol–water partition coefficient (Wildman–Crippen LogP) is 4.13. The summed E-state index contributed by atoms with van der Waals surface area (Å²) in [5, 5.41) is 5.99. The van der Waals surface area contributed by atoms with Crippen molar-refractivity contribution in [3.63, 3.8) is 0 Å². The first-order valence-corrected chi connectivity index (χ1v) is 8.04. The molecule has 0 saturated carbocycles. The molecule has 0 fully saturated rings. The van der Waals surface area contributed by atoms with Gasteiger partial charge in [0.05, 0.1) is 17.9 Å². The maximum Gasteiger partial charge on any atom is 0.338 e. The topological polar surface area (TPSA) is 64.1 Å². The van der Waals surface area contributed by atoms with Gasteiger partial charge in [-0.1, -0.05) is 0 Å². The Balaban J connectivity index is 1.70. The molecule has 0 atom stereocenters. The van der Waals surface area contributed by atoms with E-state index in [-0.39, 0.29) is 5.97 Å². The Labute approximate surface area is 138 Å². The first kappa shape index (κ1) is 15.2. The summed E-state index contributed by atoms with van der Waals surface area (Å²) in [5.41, 5.74) is 3.26. The van der Waals surface area contributed by atoms with E-state index in [0.717, 1.165) is 22.1 Å². The number of aromatic nitrogens is 2. The molecule has 23 heavy (non-hydrogen) atoms. The number of anilines is 2. The van der Waals surface area contributed by atoms with E-state index in [1.807, 2.05) is 29.6 Å². The van der Waals surface area contributed by atoms with Crippen LogP contribution in [0.4, 0.5) is 10.8 Å². The Kier molecular flexibility index (Phi) is 4.63. The van der Waals surface area contributed by atoms with Crippen LogP contribution in [0.2, 0.25) is 0 Å². The van der Waals surface area contributed by atoms with Crippen LogP contribution in [0, 0.1) is 0 Å². The van der Waals surface area contributed by atoms with Crippen molar-refractivity contribution in [2.75, 3.05) is 11.9 Å². The second-order valence-corrected chi connectivity index (χ2v) is 5.56. The normalized spacial score (nSPS) is 10.3. The zero-order valence-electron chi connectivity index (χ0n) is 12.5. The number of esters is 1. The lowest BCUT2D eigenvalue weighted by Gasteiger charge is -2.04. The fourth-order valence-corrected chi connectivity index (χ4v) is 2.75. The maximum atomic E-state index is 11.6. The van der Waals surface area contributed by atoms with Crippen molar-refractivity contribution in [3.8, 4) is 11.3 Å². The number of thiazole rings is 1. The Bertz CT molecular complexity index is 785. The van der Waals surface area contributed by atoms with E-state index in [0.29, 0.717) is 12.2 Å². The molecule has 1 aromatic carbocycles. The van der Waals surface area contributed by atoms with Gasteiger partial charge in [-0.25, -0.2) is 9.78 Å². The monoisotopic (exact) mass is 325 g/mol. The van der Waals surface area contributed by atoms with Crippen molar-refractivity contribution >= 4 is 28.1 Å². The number of carbonyl (C=O) groups excluding carboxylic acids is 1. The summed E-state index contributed by atoms with van der Waals surface area (Å²) in [4.78, 5) is 20.3. The first-order valence-electron chi connectivity index (χ1n) is 7.16. The van der Waals surface area contributed by atoms with Crippen LogP contribution >= 0.6 is 11.3 Å². The van der Waals surface area contributed by atoms with Crippen LogP contribution in [0.15, 0.2) is 54.2 Å². The van der Waals surface area contributed by atoms with Crippen molar-refractivity contribution in [1.82, 2.24) is 9.97 Å². The minimum atomic E-state index is -0.313. The highest BCUT2D eigenvalue weighted by atomic mass is 32.1. The number of pyridine rings is 1. The van der Waals surface area contributed by atoms with Gasteiger partial charge >= 0.3 is 5.97 Å². The van der Waals surface area contributed by atoms with E-state index < -0.39 is 0 Å². The summed E-state index contributed by atoms with van der Waals surface area (Å²) in [6, 6.07) is 11.0. The minimum absolute atomic E-state index is 0.313. The minimum Gasteiger partial charge on any atom is -0.462 e. The highest BCUT2D eigenvalue weighted by Crippen LogP contribution is 2.26. The molecule has 0 unspecified atom stereocenters. The SMILES string of the molecule is CCOC(=O)c1ccc(Nc2nc(-c3cccnc3)cs2)cc1. The fourth-order valence-electron chi connectivity index (χ4n) is 2.01. The summed E-state index contributed by atoms with van der Waals surface area (Å²) in [5.74, 6) is -0.313. The van der Waals surface area contributed by atoms with E-state index in [1.54, 1.807) is 31.5 Å². The largest absolute Gasteiger partial charge is 0.462 e. The standard InChI is InChI=1S/C17H15N3O2S/c1-2-22-16(21)12-5-7-14(8-6-12)19-17-20-15(11-23-17)13-4-3-9-18-10-13/h3-11H,2H2,1H3,(H,19,20). The van der Waals surface area contributed by atoms with Gasteiger partial charge in [0.15, 0.2) is 5.13 Å². The second-order valence-electron chi connectivity index (χ2n) is 4.70. The van der Waals surface area contributed by atoms with Gasteiger partial charge in [-0.15, -0.1) is 11.3 Å². The number of nitrogens with zero attached hydrogens (tertiary/aromatic N) is 2. The summed E-state index contributed by atoms with van der Waals surface area (Å²) >= 11 is 1.52. The summed E-state index contributed by atoms with van der Waals surface area (Å²) in [7, 11) is 0. The van der Waals surface area contributed by atoms with Crippen LogP contribution in [0.5, 0.6) is 0 Å². The first-order chi connectivity index (χ1) is 11.3. The number of hydrogen-bond donors (Lipinski definition) is 1. The Hall–Kier alpha value is -2.73. The van der Waals surface area contributed by atoms with Gasteiger partial charge in [0.2, 0.25) is 0 Å². The van der Waals surface area contributed by atoms with E-state index in [9.17, 15) is 4.79 Å². The molecule has 2 aromatic heterocycles.